The Morgan fingerprint density at radius 2 is 2.33 bits per heavy atom. The maximum Gasteiger partial charge on any atom is 0.309 e. The molecular weight excluding hydrogens is 259 g/mol. The number of hydrogen-bond acceptors (Lipinski definition) is 5. The molecule has 18 heavy (non-hydrogen) atoms. The van der Waals surface area contributed by atoms with Gasteiger partial charge in [-0.3, -0.25) is 4.79 Å². The molecule has 1 aromatic heterocycles. The predicted octanol–water partition coefficient (Wildman–Crippen LogP) is 2.28. The maximum atomic E-state index is 13.2. The lowest BCUT2D eigenvalue weighted by Crippen LogP contribution is -1.99. The summed E-state index contributed by atoms with van der Waals surface area (Å²) in [7, 11) is 0. The fourth-order valence-electron chi connectivity index (χ4n) is 1.24. The first-order chi connectivity index (χ1) is 8.54. The van der Waals surface area contributed by atoms with Crippen molar-refractivity contribution >= 4 is 23.0 Å². The fourth-order valence-corrected chi connectivity index (χ4v) is 1.93. The Labute approximate surface area is 106 Å². The summed E-state index contributed by atoms with van der Waals surface area (Å²) in [6, 6.07) is 4.04. The van der Waals surface area contributed by atoms with Crippen molar-refractivity contribution in [3.63, 3.8) is 0 Å². The van der Waals surface area contributed by atoms with Crippen molar-refractivity contribution in [2.75, 3.05) is 5.73 Å². The van der Waals surface area contributed by atoms with Crippen molar-refractivity contribution < 1.29 is 19.0 Å². The van der Waals surface area contributed by atoms with E-state index in [0.29, 0.717) is 5.69 Å². The number of aromatic nitrogens is 1. The number of halogens is 1. The van der Waals surface area contributed by atoms with Gasteiger partial charge in [0.15, 0.2) is 0 Å². The third-order valence-electron chi connectivity index (χ3n) is 2.04. The molecule has 0 aliphatic carbocycles. The van der Waals surface area contributed by atoms with Crippen LogP contribution < -0.4 is 10.5 Å². The van der Waals surface area contributed by atoms with E-state index in [1.54, 1.807) is 5.38 Å². The van der Waals surface area contributed by atoms with E-state index in [-0.39, 0.29) is 23.1 Å². The van der Waals surface area contributed by atoms with Crippen LogP contribution in [0.15, 0.2) is 23.6 Å². The van der Waals surface area contributed by atoms with Gasteiger partial charge in [-0.05, 0) is 12.1 Å². The minimum absolute atomic E-state index is 0.0352. The fraction of sp³-hybridized carbons (Fsp3) is 0.0909. The molecule has 0 fully saturated rings. The molecule has 2 aromatic rings. The van der Waals surface area contributed by atoms with E-state index in [0.717, 1.165) is 17.4 Å². The summed E-state index contributed by atoms with van der Waals surface area (Å²) in [6.07, 6.45) is -0.171. The Morgan fingerprint density at radius 1 is 1.56 bits per heavy atom. The molecule has 0 amide bonds. The van der Waals surface area contributed by atoms with Crippen LogP contribution in [0.1, 0.15) is 5.69 Å². The number of anilines is 1. The summed E-state index contributed by atoms with van der Waals surface area (Å²) in [5.74, 6) is -1.28. The lowest BCUT2D eigenvalue weighted by Gasteiger charge is -2.02. The smallest absolute Gasteiger partial charge is 0.309 e. The average Bonchev–Trinajstić information content (AvgIpc) is 2.70. The molecular formula is C11H9FN2O3S. The van der Waals surface area contributed by atoms with E-state index in [4.69, 9.17) is 15.6 Å². The van der Waals surface area contributed by atoms with Crippen molar-refractivity contribution in [1.29, 1.82) is 0 Å². The second kappa shape index (κ2) is 5.01. The largest absolute Gasteiger partial charge is 0.481 e. The van der Waals surface area contributed by atoms with E-state index in [9.17, 15) is 9.18 Å². The first kappa shape index (κ1) is 12.3. The molecule has 7 heteroatoms. The van der Waals surface area contributed by atoms with Gasteiger partial charge in [0.25, 0.3) is 5.19 Å². The molecule has 0 saturated carbocycles. The summed E-state index contributed by atoms with van der Waals surface area (Å²) >= 11 is 1.15. The number of ether oxygens (including phenoxy) is 1. The first-order valence-corrected chi connectivity index (χ1v) is 5.81. The standard InChI is InChI=1S/C11H9FN2O3S/c12-8-4-7(1-2-9(8)13)17-11-14-6(5-18-11)3-10(15)16/h1-2,4-5H,3,13H2,(H,15,16). The van der Waals surface area contributed by atoms with Gasteiger partial charge < -0.3 is 15.6 Å². The molecule has 1 aromatic carbocycles. The second-order valence-corrected chi connectivity index (χ2v) is 4.28. The lowest BCUT2D eigenvalue weighted by molar-refractivity contribution is -0.136. The third-order valence-corrected chi connectivity index (χ3v) is 2.81. The van der Waals surface area contributed by atoms with Gasteiger partial charge in [-0.25, -0.2) is 9.37 Å². The molecule has 0 aliphatic rings. The van der Waals surface area contributed by atoms with Crippen LogP contribution in [0.25, 0.3) is 0 Å². The number of nitrogen functional groups attached to an aromatic ring is 1. The van der Waals surface area contributed by atoms with Crippen molar-refractivity contribution in [1.82, 2.24) is 4.98 Å². The molecule has 0 saturated heterocycles. The number of benzene rings is 1. The Balaban J connectivity index is 2.11. The van der Waals surface area contributed by atoms with Gasteiger partial charge in [0, 0.05) is 11.4 Å². The Bertz CT molecular complexity index is 585. The van der Waals surface area contributed by atoms with Crippen LogP contribution in [-0.2, 0) is 11.2 Å². The number of aliphatic carboxylic acids is 1. The summed E-state index contributed by atoms with van der Waals surface area (Å²) in [5, 5.41) is 10.4. The number of hydrogen-bond donors (Lipinski definition) is 2. The van der Waals surface area contributed by atoms with E-state index >= 15 is 0 Å². The van der Waals surface area contributed by atoms with E-state index in [2.05, 4.69) is 4.98 Å². The number of nitrogens with two attached hydrogens (primary N) is 1. The molecule has 0 radical (unpaired) electrons. The lowest BCUT2D eigenvalue weighted by atomic mass is 10.3. The summed E-state index contributed by atoms with van der Waals surface area (Å²) < 4.78 is 18.5. The van der Waals surface area contributed by atoms with Gasteiger partial charge >= 0.3 is 5.97 Å². The van der Waals surface area contributed by atoms with Gasteiger partial charge in [-0.1, -0.05) is 11.3 Å². The van der Waals surface area contributed by atoms with Crippen molar-refractivity contribution in [2.45, 2.75) is 6.42 Å². The monoisotopic (exact) mass is 268 g/mol. The van der Waals surface area contributed by atoms with Crippen LogP contribution in [0, 0.1) is 5.82 Å². The van der Waals surface area contributed by atoms with E-state index in [1.165, 1.54) is 12.1 Å². The van der Waals surface area contributed by atoms with Crippen molar-refractivity contribution in [3.8, 4) is 10.9 Å². The molecule has 3 N–H and O–H groups in total. The van der Waals surface area contributed by atoms with Crippen molar-refractivity contribution in [2.24, 2.45) is 0 Å². The van der Waals surface area contributed by atoms with Crippen LogP contribution in [0.2, 0.25) is 0 Å². The van der Waals surface area contributed by atoms with Crippen LogP contribution in [0.5, 0.6) is 10.9 Å². The highest BCUT2D eigenvalue weighted by molar-refractivity contribution is 7.11. The number of carboxylic acid groups (broad SMARTS) is 1. The normalized spacial score (nSPS) is 10.3. The molecule has 1 heterocycles. The zero-order valence-electron chi connectivity index (χ0n) is 9.09. The van der Waals surface area contributed by atoms with Gasteiger partial charge in [0.05, 0.1) is 17.8 Å². The molecule has 0 aliphatic heterocycles. The van der Waals surface area contributed by atoms with Gasteiger partial charge in [0.1, 0.15) is 11.6 Å². The zero-order valence-corrected chi connectivity index (χ0v) is 9.91. The van der Waals surface area contributed by atoms with Crippen molar-refractivity contribution in [3.05, 3.63) is 35.1 Å². The minimum Gasteiger partial charge on any atom is -0.481 e. The Kier molecular flexibility index (Phi) is 3.42. The van der Waals surface area contributed by atoms with E-state index in [1.807, 2.05) is 0 Å². The number of carboxylic acids is 1. The van der Waals surface area contributed by atoms with Crippen LogP contribution in [0.4, 0.5) is 10.1 Å². The highest BCUT2D eigenvalue weighted by atomic mass is 32.1. The third kappa shape index (κ3) is 2.95. The quantitative estimate of drug-likeness (QED) is 0.831. The predicted molar refractivity (Wildman–Crippen MR) is 64.3 cm³/mol. The molecule has 5 nitrogen and oxygen atoms in total. The maximum absolute atomic E-state index is 13.2. The summed E-state index contributed by atoms with van der Waals surface area (Å²) in [5.41, 5.74) is 5.77. The van der Waals surface area contributed by atoms with Crippen LogP contribution >= 0.6 is 11.3 Å². The molecule has 94 valence electrons. The topological polar surface area (TPSA) is 85.4 Å². The van der Waals surface area contributed by atoms with Gasteiger partial charge in [0.2, 0.25) is 0 Å². The van der Waals surface area contributed by atoms with Gasteiger partial charge in [-0.2, -0.15) is 0 Å². The molecule has 0 spiro atoms. The molecule has 0 atom stereocenters. The Hall–Kier alpha value is -2.15. The SMILES string of the molecule is Nc1ccc(Oc2nc(CC(=O)O)cs2)cc1F. The highest BCUT2D eigenvalue weighted by Crippen LogP contribution is 2.27. The molecule has 2 rings (SSSR count). The van der Waals surface area contributed by atoms with Crippen LogP contribution in [0.3, 0.4) is 0 Å². The first-order valence-electron chi connectivity index (χ1n) is 4.93. The Morgan fingerprint density at radius 3 is 3.00 bits per heavy atom. The molecule has 0 bridgehead atoms. The number of rotatable bonds is 4. The summed E-state index contributed by atoms with van der Waals surface area (Å²) in [4.78, 5) is 14.4. The number of thiazole rings is 1. The highest BCUT2D eigenvalue weighted by Gasteiger charge is 2.08. The van der Waals surface area contributed by atoms with Crippen LogP contribution in [-0.4, -0.2) is 16.1 Å². The second-order valence-electron chi connectivity index (χ2n) is 3.46. The zero-order chi connectivity index (χ0) is 13.1. The average molecular weight is 268 g/mol. The molecule has 0 unspecified atom stereocenters. The minimum atomic E-state index is -0.967. The summed E-state index contributed by atoms with van der Waals surface area (Å²) in [6.45, 7) is 0. The number of carbonyl (C=O) groups is 1. The van der Waals surface area contributed by atoms with E-state index < -0.39 is 11.8 Å². The van der Waals surface area contributed by atoms with Gasteiger partial charge in [-0.15, -0.1) is 0 Å². The number of nitrogens with zero attached hydrogens (tertiary/aromatic N) is 1.